The molecule has 0 fully saturated rings. The second kappa shape index (κ2) is 7.83. The maximum atomic E-state index is 13.1. The number of hydrogen-bond acceptors (Lipinski definition) is 4. The molecule has 2 aromatic carbocycles. The fraction of sp³-hybridized carbons (Fsp3) is 0.217. The van der Waals surface area contributed by atoms with Crippen LogP contribution in [0, 0.1) is 0 Å². The molecule has 1 aliphatic heterocycles. The number of fused-ring (bicyclic) bond motifs is 1. The minimum Gasteiger partial charge on any atom is -0.459 e. The number of benzene rings is 2. The van der Waals surface area contributed by atoms with Gasteiger partial charge in [-0.25, -0.2) is 0 Å². The Morgan fingerprint density at radius 3 is 2.48 bits per heavy atom. The van der Waals surface area contributed by atoms with E-state index in [4.69, 9.17) is 4.42 Å². The molecule has 148 valence electrons. The van der Waals surface area contributed by atoms with Gasteiger partial charge in [0.2, 0.25) is 5.91 Å². The Balaban J connectivity index is 1.40. The molecule has 3 aromatic rings. The van der Waals surface area contributed by atoms with Crippen molar-refractivity contribution in [3.8, 4) is 0 Å². The van der Waals surface area contributed by atoms with Crippen molar-refractivity contribution in [3.63, 3.8) is 0 Å². The van der Waals surface area contributed by atoms with Crippen molar-refractivity contribution in [2.24, 2.45) is 0 Å². The minimum atomic E-state index is -0.382. The summed E-state index contributed by atoms with van der Waals surface area (Å²) in [6, 6.07) is 18.3. The number of nitrogens with one attached hydrogen (secondary N) is 2. The fourth-order valence-electron chi connectivity index (χ4n) is 3.67. The van der Waals surface area contributed by atoms with Gasteiger partial charge in [-0.3, -0.25) is 9.59 Å². The molecule has 2 atom stereocenters. The zero-order chi connectivity index (χ0) is 20.4. The highest BCUT2D eigenvalue weighted by atomic mass is 16.3. The molecule has 2 heterocycles. The lowest BCUT2D eigenvalue weighted by Crippen LogP contribution is -2.44. The molecule has 0 saturated heterocycles. The van der Waals surface area contributed by atoms with Crippen molar-refractivity contribution in [3.05, 3.63) is 78.3 Å². The molecular weight excluding hydrogens is 366 g/mol. The van der Waals surface area contributed by atoms with Crippen LogP contribution in [0.4, 0.5) is 17.1 Å². The molecule has 0 spiro atoms. The molecule has 0 saturated carbocycles. The third kappa shape index (κ3) is 3.87. The summed E-state index contributed by atoms with van der Waals surface area (Å²) in [5.74, 6) is -0.00924. The van der Waals surface area contributed by atoms with Crippen LogP contribution in [0.5, 0.6) is 0 Å². The van der Waals surface area contributed by atoms with Gasteiger partial charge in [-0.1, -0.05) is 18.2 Å². The van der Waals surface area contributed by atoms with Gasteiger partial charge in [0, 0.05) is 23.1 Å². The van der Waals surface area contributed by atoms with Crippen molar-refractivity contribution in [2.45, 2.75) is 32.4 Å². The highest BCUT2D eigenvalue weighted by Crippen LogP contribution is 2.32. The number of para-hydroxylation sites is 1. The van der Waals surface area contributed by atoms with Gasteiger partial charge in [-0.15, -0.1) is 0 Å². The first-order valence-electron chi connectivity index (χ1n) is 9.65. The van der Waals surface area contributed by atoms with Crippen LogP contribution in [0.2, 0.25) is 0 Å². The summed E-state index contributed by atoms with van der Waals surface area (Å²) < 4.78 is 5.09. The van der Waals surface area contributed by atoms with E-state index in [1.807, 2.05) is 42.2 Å². The standard InChI is InChI=1S/C23H23N3O3/c1-15-14-17-6-3-4-7-20(17)26(15)23(28)16(2)24-18-9-11-19(12-10-18)25-22(27)21-8-5-13-29-21/h3-13,15-16,24H,14H2,1-2H3,(H,25,27). The summed E-state index contributed by atoms with van der Waals surface area (Å²) >= 11 is 0. The predicted octanol–water partition coefficient (Wildman–Crippen LogP) is 4.31. The number of nitrogens with zero attached hydrogens (tertiary/aromatic N) is 1. The van der Waals surface area contributed by atoms with Crippen molar-refractivity contribution in [1.29, 1.82) is 0 Å². The van der Waals surface area contributed by atoms with Gasteiger partial charge in [-0.05, 0) is 68.3 Å². The Bertz CT molecular complexity index is 1010. The van der Waals surface area contributed by atoms with E-state index in [1.54, 1.807) is 24.3 Å². The molecule has 0 aliphatic carbocycles. The van der Waals surface area contributed by atoms with Crippen molar-refractivity contribution >= 4 is 28.9 Å². The van der Waals surface area contributed by atoms with E-state index in [9.17, 15) is 9.59 Å². The van der Waals surface area contributed by atoms with Crippen LogP contribution in [-0.2, 0) is 11.2 Å². The molecule has 29 heavy (non-hydrogen) atoms. The topological polar surface area (TPSA) is 74.6 Å². The Labute approximate surface area is 169 Å². The number of rotatable bonds is 5. The van der Waals surface area contributed by atoms with Crippen LogP contribution in [0.25, 0.3) is 0 Å². The molecule has 2 unspecified atom stereocenters. The highest BCUT2D eigenvalue weighted by Gasteiger charge is 2.32. The van der Waals surface area contributed by atoms with E-state index >= 15 is 0 Å². The number of amides is 2. The van der Waals surface area contributed by atoms with Crippen LogP contribution in [0.15, 0.2) is 71.3 Å². The summed E-state index contributed by atoms with van der Waals surface area (Å²) in [6.07, 6.45) is 2.33. The Morgan fingerprint density at radius 1 is 1.03 bits per heavy atom. The average Bonchev–Trinajstić information content (AvgIpc) is 3.36. The van der Waals surface area contributed by atoms with E-state index in [-0.39, 0.29) is 29.7 Å². The Morgan fingerprint density at radius 2 is 1.76 bits per heavy atom. The maximum absolute atomic E-state index is 13.1. The van der Waals surface area contributed by atoms with Crippen molar-refractivity contribution in [1.82, 2.24) is 0 Å². The van der Waals surface area contributed by atoms with Crippen LogP contribution in [0.3, 0.4) is 0 Å². The number of carbonyl (C=O) groups excluding carboxylic acids is 2. The summed E-state index contributed by atoms with van der Waals surface area (Å²) in [4.78, 5) is 27.0. The maximum Gasteiger partial charge on any atom is 0.291 e. The molecular formula is C23H23N3O3. The second-order valence-corrected chi connectivity index (χ2v) is 7.26. The van der Waals surface area contributed by atoms with E-state index in [1.165, 1.54) is 11.8 Å². The van der Waals surface area contributed by atoms with Crippen LogP contribution >= 0.6 is 0 Å². The largest absolute Gasteiger partial charge is 0.459 e. The lowest BCUT2D eigenvalue weighted by atomic mass is 10.1. The summed E-state index contributed by atoms with van der Waals surface area (Å²) in [7, 11) is 0. The quantitative estimate of drug-likeness (QED) is 0.682. The number of anilines is 3. The number of furan rings is 1. The third-order valence-corrected chi connectivity index (χ3v) is 5.09. The first-order valence-corrected chi connectivity index (χ1v) is 9.65. The molecule has 1 aromatic heterocycles. The third-order valence-electron chi connectivity index (χ3n) is 5.09. The molecule has 2 amide bonds. The molecule has 4 rings (SSSR count). The molecule has 2 N–H and O–H groups in total. The smallest absolute Gasteiger partial charge is 0.291 e. The average molecular weight is 389 g/mol. The molecule has 6 heteroatoms. The van der Waals surface area contributed by atoms with Gasteiger partial charge in [0.25, 0.3) is 5.91 Å². The monoisotopic (exact) mass is 389 g/mol. The minimum absolute atomic E-state index is 0.0395. The fourth-order valence-corrected chi connectivity index (χ4v) is 3.67. The van der Waals surface area contributed by atoms with E-state index in [0.29, 0.717) is 5.69 Å². The van der Waals surface area contributed by atoms with Gasteiger partial charge in [0.05, 0.1) is 6.26 Å². The van der Waals surface area contributed by atoms with Crippen LogP contribution in [-0.4, -0.2) is 23.9 Å². The van der Waals surface area contributed by atoms with E-state index < -0.39 is 0 Å². The van der Waals surface area contributed by atoms with Gasteiger partial charge >= 0.3 is 0 Å². The summed E-state index contributed by atoms with van der Waals surface area (Å²) in [5, 5.41) is 6.03. The number of hydrogen-bond donors (Lipinski definition) is 2. The molecule has 6 nitrogen and oxygen atoms in total. The summed E-state index contributed by atoms with van der Waals surface area (Å²) in [6.45, 7) is 3.93. The molecule has 0 radical (unpaired) electrons. The van der Waals surface area contributed by atoms with Crippen LogP contribution in [0.1, 0.15) is 30.0 Å². The van der Waals surface area contributed by atoms with Crippen molar-refractivity contribution in [2.75, 3.05) is 15.5 Å². The van der Waals surface area contributed by atoms with Gasteiger partial charge < -0.3 is 20.0 Å². The Kier molecular flexibility index (Phi) is 5.08. The normalized spacial score (nSPS) is 16.2. The highest BCUT2D eigenvalue weighted by molar-refractivity contribution is 6.02. The SMILES string of the molecule is CC(Nc1ccc(NC(=O)c2ccco2)cc1)C(=O)N1c2ccccc2CC1C. The second-order valence-electron chi connectivity index (χ2n) is 7.26. The van der Waals surface area contributed by atoms with Crippen molar-refractivity contribution < 1.29 is 14.0 Å². The lowest BCUT2D eigenvalue weighted by molar-refractivity contribution is -0.119. The van der Waals surface area contributed by atoms with Gasteiger partial charge in [-0.2, -0.15) is 0 Å². The molecule has 0 bridgehead atoms. The lowest BCUT2D eigenvalue weighted by Gasteiger charge is -2.27. The first kappa shape index (κ1) is 18.8. The zero-order valence-electron chi connectivity index (χ0n) is 16.4. The van der Waals surface area contributed by atoms with Gasteiger partial charge in [0.15, 0.2) is 5.76 Å². The Hall–Kier alpha value is -3.54. The summed E-state index contributed by atoms with van der Waals surface area (Å²) in [5.41, 5.74) is 3.66. The first-order chi connectivity index (χ1) is 14.0. The zero-order valence-corrected chi connectivity index (χ0v) is 16.4. The number of carbonyl (C=O) groups is 2. The predicted molar refractivity (Wildman–Crippen MR) is 113 cm³/mol. The van der Waals surface area contributed by atoms with E-state index in [2.05, 4.69) is 23.6 Å². The van der Waals surface area contributed by atoms with Gasteiger partial charge in [0.1, 0.15) is 6.04 Å². The van der Waals surface area contributed by atoms with E-state index in [0.717, 1.165) is 17.8 Å². The van der Waals surface area contributed by atoms with Crippen LogP contribution < -0.4 is 15.5 Å². The molecule has 1 aliphatic rings.